The summed E-state index contributed by atoms with van der Waals surface area (Å²) in [5.41, 5.74) is 0. The van der Waals surface area contributed by atoms with E-state index in [1.807, 2.05) is 13.8 Å². The summed E-state index contributed by atoms with van der Waals surface area (Å²) in [6.07, 6.45) is 21.6. The summed E-state index contributed by atoms with van der Waals surface area (Å²) in [6, 6.07) is 0. The number of amides is 1. The van der Waals surface area contributed by atoms with E-state index in [0.29, 0.717) is 19.5 Å². The van der Waals surface area contributed by atoms with Crippen LogP contribution in [0, 0.1) is 5.92 Å². The van der Waals surface area contributed by atoms with Crippen LogP contribution in [0.4, 0.5) is 0 Å². The van der Waals surface area contributed by atoms with Crippen LogP contribution >= 0.6 is 0 Å². The van der Waals surface area contributed by atoms with Gasteiger partial charge in [0.05, 0.1) is 5.92 Å². The van der Waals surface area contributed by atoms with Crippen LogP contribution in [0.1, 0.15) is 117 Å². The van der Waals surface area contributed by atoms with Gasteiger partial charge in [0.2, 0.25) is 5.91 Å². The summed E-state index contributed by atoms with van der Waals surface area (Å²) in [5, 5.41) is 9.37. The highest BCUT2D eigenvalue weighted by molar-refractivity contribution is 5.82. The van der Waals surface area contributed by atoms with Crippen molar-refractivity contribution < 1.29 is 14.7 Å². The summed E-state index contributed by atoms with van der Waals surface area (Å²) < 4.78 is 0. The van der Waals surface area contributed by atoms with Crippen LogP contribution in [-0.2, 0) is 9.59 Å². The van der Waals surface area contributed by atoms with Gasteiger partial charge in [0.1, 0.15) is 0 Å². The summed E-state index contributed by atoms with van der Waals surface area (Å²) in [5.74, 6) is -1.48. The molecule has 0 saturated carbocycles. The summed E-state index contributed by atoms with van der Waals surface area (Å²) >= 11 is 0. The summed E-state index contributed by atoms with van der Waals surface area (Å²) in [4.78, 5) is 25.2. The van der Waals surface area contributed by atoms with Crippen LogP contribution in [-0.4, -0.2) is 35.0 Å². The highest BCUT2D eigenvalue weighted by atomic mass is 16.4. The van der Waals surface area contributed by atoms with Gasteiger partial charge >= 0.3 is 5.97 Å². The van der Waals surface area contributed by atoms with E-state index in [1.54, 1.807) is 4.90 Å². The molecule has 0 aliphatic heterocycles. The molecule has 0 heterocycles. The van der Waals surface area contributed by atoms with E-state index in [1.165, 1.54) is 70.6 Å². The summed E-state index contributed by atoms with van der Waals surface area (Å²) in [6.45, 7) is 7.39. The monoisotopic (exact) mass is 409 g/mol. The Balaban J connectivity index is 3.70. The zero-order valence-electron chi connectivity index (χ0n) is 19.5. The molecule has 0 fully saturated rings. The van der Waals surface area contributed by atoms with Crippen LogP contribution in [0.15, 0.2) is 12.2 Å². The number of carboxylic acid groups (broad SMARTS) is 1. The van der Waals surface area contributed by atoms with Crippen LogP contribution in [0.2, 0.25) is 0 Å². The van der Waals surface area contributed by atoms with Crippen molar-refractivity contribution in [2.24, 2.45) is 5.92 Å². The number of carboxylic acids is 1. The molecule has 0 spiro atoms. The number of nitrogens with zero attached hydrogens (tertiary/aromatic N) is 1. The van der Waals surface area contributed by atoms with Crippen molar-refractivity contribution in [2.45, 2.75) is 117 Å². The molecule has 1 atom stereocenters. The van der Waals surface area contributed by atoms with Crippen molar-refractivity contribution in [1.82, 2.24) is 4.90 Å². The van der Waals surface area contributed by atoms with Crippen molar-refractivity contribution in [3.63, 3.8) is 0 Å². The highest BCUT2D eigenvalue weighted by Gasteiger charge is 2.22. The first kappa shape index (κ1) is 27.7. The first-order valence-electron chi connectivity index (χ1n) is 12.2. The second-order valence-corrected chi connectivity index (χ2v) is 8.18. The largest absolute Gasteiger partial charge is 0.481 e. The Morgan fingerprint density at radius 3 is 1.72 bits per heavy atom. The van der Waals surface area contributed by atoms with Crippen LogP contribution < -0.4 is 0 Å². The maximum absolute atomic E-state index is 12.1. The second-order valence-electron chi connectivity index (χ2n) is 8.18. The van der Waals surface area contributed by atoms with Crippen molar-refractivity contribution in [3.05, 3.63) is 12.2 Å². The molecule has 0 aromatic carbocycles. The van der Waals surface area contributed by atoms with Gasteiger partial charge in [0.25, 0.3) is 0 Å². The molecule has 0 saturated heterocycles. The first-order chi connectivity index (χ1) is 14.1. The molecule has 0 aromatic rings. The second kappa shape index (κ2) is 20.0. The van der Waals surface area contributed by atoms with Crippen LogP contribution in [0.5, 0.6) is 0 Å². The van der Waals surface area contributed by atoms with Crippen molar-refractivity contribution in [3.8, 4) is 0 Å². The van der Waals surface area contributed by atoms with E-state index in [2.05, 4.69) is 19.1 Å². The van der Waals surface area contributed by atoms with Gasteiger partial charge in [0.15, 0.2) is 0 Å². The zero-order valence-corrected chi connectivity index (χ0v) is 19.5. The zero-order chi connectivity index (χ0) is 21.7. The minimum atomic E-state index is -0.857. The lowest BCUT2D eigenvalue weighted by molar-refractivity contribution is -0.146. The Labute approximate surface area is 180 Å². The lowest BCUT2D eigenvalue weighted by Gasteiger charge is -2.20. The molecule has 0 rings (SSSR count). The fraction of sp³-hybridized carbons (Fsp3) is 0.840. The molecule has 1 unspecified atom stereocenters. The molecule has 170 valence electrons. The minimum Gasteiger partial charge on any atom is -0.481 e. The average Bonchev–Trinajstić information content (AvgIpc) is 2.70. The van der Waals surface area contributed by atoms with Gasteiger partial charge in [-0.3, -0.25) is 9.59 Å². The number of unbranched alkanes of at least 4 members (excludes halogenated alkanes) is 11. The van der Waals surface area contributed by atoms with E-state index < -0.39 is 11.9 Å². The van der Waals surface area contributed by atoms with Gasteiger partial charge in [-0.2, -0.15) is 0 Å². The number of hydrogen-bond donors (Lipinski definition) is 1. The smallest absolute Gasteiger partial charge is 0.307 e. The molecule has 1 amide bonds. The number of aliphatic carboxylic acids is 1. The van der Waals surface area contributed by atoms with Crippen LogP contribution in [0.3, 0.4) is 0 Å². The molecular formula is C25H47NO3. The third-order valence-electron chi connectivity index (χ3n) is 5.71. The molecule has 1 N–H and O–H groups in total. The van der Waals surface area contributed by atoms with Gasteiger partial charge in [0, 0.05) is 19.5 Å². The van der Waals surface area contributed by atoms with Gasteiger partial charge in [-0.25, -0.2) is 0 Å². The molecule has 4 heteroatoms. The van der Waals surface area contributed by atoms with E-state index in [0.717, 1.165) is 12.8 Å². The van der Waals surface area contributed by atoms with Gasteiger partial charge in [-0.05, 0) is 39.5 Å². The third kappa shape index (κ3) is 16.2. The Kier molecular flexibility index (Phi) is 19.1. The Bertz CT molecular complexity index is 430. The van der Waals surface area contributed by atoms with Gasteiger partial charge in [-0.15, -0.1) is 0 Å². The molecule has 29 heavy (non-hydrogen) atoms. The molecule has 0 aliphatic rings. The fourth-order valence-electron chi connectivity index (χ4n) is 3.69. The maximum atomic E-state index is 12.1. The average molecular weight is 410 g/mol. The normalized spacial score (nSPS) is 12.4. The van der Waals surface area contributed by atoms with Crippen molar-refractivity contribution in [1.29, 1.82) is 0 Å². The molecule has 4 nitrogen and oxygen atoms in total. The summed E-state index contributed by atoms with van der Waals surface area (Å²) in [7, 11) is 0. The van der Waals surface area contributed by atoms with Crippen molar-refractivity contribution >= 4 is 11.9 Å². The Morgan fingerprint density at radius 1 is 0.759 bits per heavy atom. The Morgan fingerprint density at radius 2 is 1.24 bits per heavy atom. The number of carbonyl (C=O) groups is 2. The predicted molar refractivity (Wildman–Crippen MR) is 123 cm³/mol. The van der Waals surface area contributed by atoms with E-state index >= 15 is 0 Å². The number of rotatable bonds is 20. The lowest BCUT2D eigenvalue weighted by Crippen LogP contribution is -2.33. The lowest BCUT2D eigenvalue weighted by atomic mass is 9.98. The topological polar surface area (TPSA) is 57.6 Å². The third-order valence-corrected chi connectivity index (χ3v) is 5.71. The van der Waals surface area contributed by atoms with Crippen molar-refractivity contribution in [2.75, 3.05) is 13.1 Å². The van der Waals surface area contributed by atoms with Gasteiger partial charge < -0.3 is 10.0 Å². The Hall–Kier alpha value is -1.32. The fourth-order valence-corrected chi connectivity index (χ4v) is 3.69. The van der Waals surface area contributed by atoms with Crippen LogP contribution in [0.25, 0.3) is 0 Å². The quantitative estimate of drug-likeness (QED) is 0.174. The predicted octanol–water partition coefficient (Wildman–Crippen LogP) is 6.98. The molecular weight excluding hydrogens is 362 g/mol. The molecule has 0 aromatic heterocycles. The van der Waals surface area contributed by atoms with Gasteiger partial charge in [-0.1, -0.05) is 83.3 Å². The van der Waals surface area contributed by atoms with E-state index in [-0.39, 0.29) is 12.3 Å². The van der Waals surface area contributed by atoms with E-state index in [9.17, 15) is 14.7 Å². The number of carbonyl (C=O) groups excluding carboxylic acids is 1. The molecule has 0 bridgehead atoms. The number of allylic oxidation sites excluding steroid dienone is 2. The maximum Gasteiger partial charge on any atom is 0.307 e. The number of hydrogen-bond acceptors (Lipinski definition) is 2. The van der Waals surface area contributed by atoms with E-state index in [4.69, 9.17) is 0 Å². The minimum absolute atomic E-state index is 0.0488. The SMILES string of the molecule is CCCCCCCCCCCCC/C=C/CCC(CC(=O)N(CC)CC)C(=O)O. The highest BCUT2D eigenvalue weighted by Crippen LogP contribution is 2.15. The first-order valence-corrected chi connectivity index (χ1v) is 12.2. The molecule has 0 aliphatic carbocycles. The molecule has 0 radical (unpaired) electrons. The standard InChI is InChI=1S/C25H47NO3/c1-4-7-8-9-10-11-12-13-14-15-16-17-18-19-20-21-23(25(28)29)22-24(27)26(5-2)6-3/h18-19,23H,4-17,20-22H2,1-3H3,(H,28,29)/b19-18+.